The van der Waals surface area contributed by atoms with E-state index in [4.69, 9.17) is 16.7 Å². The van der Waals surface area contributed by atoms with Crippen LogP contribution in [0.3, 0.4) is 0 Å². The number of alkyl halides is 1. The third-order valence-corrected chi connectivity index (χ3v) is 3.72. The normalized spacial score (nSPS) is 11.3. The summed E-state index contributed by atoms with van der Waals surface area (Å²) in [6.07, 6.45) is 0.144. The van der Waals surface area contributed by atoms with Crippen molar-refractivity contribution in [2.24, 2.45) is 0 Å². The van der Waals surface area contributed by atoms with Crippen LogP contribution >= 0.6 is 11.6 Å². The summed E-state index contributed by atoms with van der Waals surface area (Å²) in [5.74, 6) is -4.35. The van der Waals surface area contributed by atoms with Crippen LogP contribution in [0.25, 0.3) is 0 Å². The molecule has 0 spiro atoms. The molecule has 9 heteroatoms. The van der Waals surface area contributed by atoms with Crippen LogP contribution in [0.15, 0.2) is 12.1 Å². The Hall–Kier alpha value is -1.41. The second-order valence-electron chi connectivity index (χ2n) is 3.58. The van der Waals surface area contributed by atoms with Crippen molar-refractivity contribution >= 4 is 33.3 Å². The van der Waals surface area contributed by atoms with Crippen LogP contribution in [-0.4, -0.2) is 31.1 Å². The van der Waals surface area contributed by atoms with Gasteiger partial charge in [-0.25, -0.2) is 22.0 Å². The lowest BCUT2D eigenvalue weighted by Crippen LogP contribution is -2.18. The molecule has 2 N–H and O–H groups in total. The van der Waals surface area contributed by atoms with Crippen molar-refractivity contribution in [1.82, 2.24) is 0 Å². The molecule has 106 valence electrons. The first-order chi connectivity index (χ1) is 8.76. The van der Waals surface area contributed by atoms with Gasteiger partial charge in [-0.3, -0.25) is 4.72 Å². The van der Waals surface area contributed by atoms with E-state index in [1.807, 2.05) is 4.72 Å². The Kier molecular flexibility index (Phi) is 5.07. The fraction of sp³-hybridized carbons (Fsp3) is 0.300. The smallest absolute Gasteiger partial charge is 0.338 e. The predicted octanol–water partition coefficient (Wildman–Crippen LogP) is 2.03. The van der Waals surface area contributed by atoms with E-state index in [1.54, 1.807) is 0 Å². The Labute approximate surface area is 113 Å². The minimum absolute atomic E-state index is 0.104. The van der Waals surface area contributed by atoms with Gasteiger partial charge in [0.2, 0.25) is 10.0 Å². The highest BCUT2D eigenvalue weighted by atomic mass is 35.5. The second-order valence-corrected chi connectivity index (χ2v) is 5.80. The molecule has 0 heterocycles. The summed E-state index contributed by atoms with van der Waals surface area (Å²) in [5, 5.41) is 8.66. The molecule has 0 radical (unpaired) electrons. The lowest BCUT2D eigenvalue weighted by Gasteiger charge is -2.09. The molecule has 19 heavy (non-hydrogen) atoms. The van der Waals surface area contributed by atoms with Gasteiger partial charge in [0.25, 0.3) is 0 Å². The Balaban J connectivity index is 3.08. The zero-order valence-electron chi connectivity index (χ0n) is 9.49. The van der Waals surface area contributed by atoms with Gasteiger partial charge in [0.15, 0.2) is 0 Å². The largest absolute Gasteiger partial charge is 0.478 e. The fourth-order valence-corrected chi connectivity index (χ4v) is 2.66. The maximum Gasteiger partial charge on any atom is 0.338 e. The molecule has 0 amide bonds. The topological polar surface area (TPSA) is 83.5 Å². The number of rotatable bonds is 6. The summed E-state index contributed by atoms with van der Waals surface area (Å²) < 4.78 is 51.3. The van der Waals surface area contributed by atoms with Crippen LogP contribution in [0.5, 0.6) is 0 Å². The van der Waals surface area contributed by atoms with E-state index in [-0.39, 0.29) is 18.1 Å². The fourth-order valence-electron chi connectivity index (χ4n) is 1.25. The van der Waals surface area contributed by atoms with Crippen molar-refractivity contribution < 1.29 is 27.1 Å². The second kappa shape index (κ2) is 6.16. The van der Waals surface area contributed by atoms with Crippen LogP contribution in [0.4, 0.5) is 14.5 Å². The summed E-state index contributed by atoms with van der Waals surface area (Å²) in [5.41, 5.74) is -1.44. The summed E-state index contributed by atoms with van der Waals surface area (Å²) in [7, 11) is -3.86. The molecule has 0 fully saturated rings. The molecule has 5 nitrogen and oxygen atoms in total. The third kappa shape index (κ3) is 4.32. The first-order valence-electron chi connectivity index (χ1n) is 5.05. The van der Waals surface area contributed by atoms with E-state index in [0.717, 1.165) is 0 Å². The Morgan fingerprint density at radius 1 is 1.32 bits per heavy atom. The van der Waals surface area contributed by atoms with Crippen molar-refractivity contribution in [1.29, 1.82) is 0 Å². The summed E-state index contributed by atoms with van der Waals surface area (Å²) in [6, 6.07) is 0.897. The maximum atomic E-state index is 13.4. The molecule has 0 aliphatic heterocycles. The zero-order chi connectivity index (χ0) is 14.6. The van der Waals surface area contributed by atoms with Crippen molar-refractivity contribution in [3.63, 3.8) is 0 Å². The predicted molar refractivity (Wildman–Crippen MR) is 66.1 cm³/mol. The standard InChI is InChI=1S/C10H10ClF2NO4S/c11-2-1-3-19(17,18)14-9-4-6(10(15)16)7(12)5-8(9)13/h4-5,14H,1-3H2,(H,15,16). The van der Waals surface area contributed by atoms with Gasteiger partial charge in [0.1, 0.15) is 11.6 Å². The van der Waals surface area contributed by atoms with Gasteiger partial charge < -0.3 is 5.11 Å². The van der Waals surface area contributed by atoms with Gasteiger partial charge in [-0.15, -0.1) is 11.6 Å². The van der Waals surface area contributed by atoms with Crippen molar-refractivity contribution in [2.75, 3.05) is 16.4 Å². The Bertz CT molecular complexity index is 591. The van der Waals surface area contributed by atoms with Crippen LogP contribution in [0.2, 0.25) is 0 Å². The number of carboxylic acids is 1. The van der Waals surface area contributed by atoms with Gasteiger partial charge in [-0.2, -0.15) is 0 Å². The number of sulfonamides is 1. The number of benzene rings is 1. The molecule has 0 atom stereocenters. The Morgan fingerprint density at radius 2 is 1.95 bits per heavy atom. The molecule has 1 aromatic rings. The van der Waals surface area contributed by atoms with Gasteiger partial charge in [0, 0.05) is 11.9 Å². The minimum atomic E-state index is -3.86. The summed E-state index contributed by atoms with van der Waals surface area (Å²) in [4.78, 5) is 10.7. The molecular weight excluding hydrogens is 304 g/mol. The van der Waals surface area contributed by atoms with Gasteiger partial charge >= 0.3 is 5.97 Å². The lowest BCUT2D eigenvalue weighted by molar-refractivity contribution is 0.0692. The third-order valence-electron chi connectivity index (χ3n) is 2.10. The van der Waals surface area contributed by atoms with Crippen LogP contribution in [-0.2, 0) is 10.0 Å². The van der Waals surface area contributed by atoms with Gasteiger partial charge in [0.05, 0.1) is 17.0 Å². The summed E-state index contributed by atoms with van der Waals surface area (Å²) >= 11 is 5.34. The highest BCUT2D eigenvalue weighted by Gasteiger charge is 2.18. The molecule has 1 rings (SSSR count). The molecule has 0 bridgehead atoms. The molecule has 0 unspecified atom stereocenters. The molecule has 0 saturated carbocycles. The molecule has 0 saturated heterocycles. The molecule has 0 aromatic heterocycles. The van der Waals surface area contributed by atoms with Crippen molar-refractivity contribution in [3.8, 4) is 0 Å². The Morgan fingerprint density at radius 3 is 2.47 bits per heavy atom. The van der Waals surface area contributed by atoms with Crippen molar-refractivity contribution in [2.45, 2.75) is 6.42 Å². The average Bonchev–Trinajstić information content (AvgIpc) is 2.29. The van der Waals surface area contributed by atoms with E-state index in [0.29, 0.717) is 12.1 Å². The first-order valence-corrected chi connectivity index (χ1v) is 7.24. The van der Waals surface area contributed by atoms with E-state index >= 15 is 0 Å². The number of anilines is 1. The van der Waals surface area contributed by atoms with Gasteiger partial charge in [-0.05, 0) is 12.5 Å². The van der Waals surface area contributed by atoms with E-state index in [9.17, 15) is 22.0 Å². The molecule has 0 aliphatic rings. The number of carbonyl (C=O) groups is 1. The monoisotopic (exact) mass is 313 g/mol. The number of carboxylic acid groups (broad SMARTS) is 1. The maximum absolute atomic E-state index is 13.4. The summed E-state index contributed by atoms with van der Waals surface area (Å²) in [6.45, 7) is 0. The first kappa shape index (κ1) is 15.6. The quantitative estimate of drug-likeness (QED) is 0.787. The SMILES string of the molecule is O=C(O)c1cc(NS(=O)(=O)CCCCl)c(F)cc1F. The molecular formula is C10H10ClF2NO4S. The van der Waals surface area contributed by atoms with Crippen LogP contribution in [0.1, 0.15) is 16.8 Å². The minimum Gasteiger partial charge on any atom is -0.478 e. The van der Waals surface area contributed by atoms with E-state index in [1.165, 1.54) is 0 Å². The molecule has 0 aliphatic carbocycles. The number of aromatic carboxylic acids is 1. The van der Waals surface area contributed by atoms with E-state index < -0.39 is 38.9 Å². The van der Waals surface area contributed by atoms with Crippen molar-refractivity contribution in [3.05, 3.63) is 29.3 Å². The highest BCUT2D eigenvalue weighted by molar-refractivity contribution is 7.92. The van der Waals surface area contributed by atoms with Gasteiger partial charge in [-0.1, -0.05) is 0 Å². The zero-order valence-corrected chi connectivity index (χ0v) is 11.1. The number of hydrogen-bond acceptors (Lipinski definition) is 3. The van der Waals surface area contributed by atoms with E-state index in [2.05, 4.69) is 0 Å². The average molecular weight is 314 g/mol. The highest BCUT2D eigenvalue weighted by Crippen LogP contribution is 2.21. The lowest BCUT2D eigenvalue weighted by atomic mass is 10.2. The number of hydrogen-bond donors (Lipinski definition) is 2. The van der Waals surface area contributed by atoms with Crippen LogP contribution in [0, 0.1) is 11.6 Å². The molecule has 1 aromatic carbocycles. The van der Waals surface area contributed by atoms with Crippen LogP contribution < -0.4 is 4.72 Å². The number of halogens is 3. The number of nitrogens with one attached hydrogen (secondary N) is 1.